The Kier molecular flexibility index (Phi) is 4.85. The molecule has 1 saturated heterocycles. The number of rotatable bonds is 3. The molecule has 5 nitrogen and oxygen atoms in total. The van der Waals surface area contributed by atoms with Crippen molar-refractivity contribution in [3.05, 3.63) is 62.6 Å². The number of hydrogen-bond donors (Lipinski definition) is 0. The fourth-order valence-electron chi connectivity index (χ4n) is 4.19. The van der Waals surface area contributed by atoms with Gasteiger partial charge < -0.3 is 4.90 Å². The second kappa shape index (κ2) is 7.29. The van der Waals surface area contributed by atoms with Crippen molar-refractivity contribution in [1.82, 2.24) is 14.7 Å². The van der Waals surface area contributed by atoms with E-state index in [-0.39, 0.29) is 11.5 Å². The van der Waals surface area contributed by atoms with Gasteiger partial charge in [0.1, 0.15) is 0 Å². The maximum atomic E-state index is 12.8. The Hall–Kier alpha value is -2.43. The Balaban J connectivity index is 1.38. The average molecular weight is 365 g/mol. The van der Waals surface area contributed by atoms with E-state index in [2.05, 4.69) is 12.0 Å². The second-order valence-corrected chi connectivity index (χ2v) is 8.02. The summed E-state index contributed by atoms with van der Waals surface area (Å²) in [6, 6.07) is 7.69. The molecule has 0 atom stereocenters. The first-order chi connectivity index (χ1) is 13.0. The van der Waals surface area contributed by atoms with Crippen LogP contribution in [0.4, 0.5) is 0 Å². The van der Waals surface area contributed by atoms with E-state index in [0.29, 0.717) is 12.5 Å². The second-order valence-electron chi connectivity index (χ2n) is 8.02. The number of benzene rings is 1. The lowest BCUT2D eigenvalue weighted by Gasteiger charge is -2.32. The summed E-state index contributed by atoms with van der Waals surface area (Å²) < 4.78 is 1.65. The minimum atomic E-state index is 0.0179. The van der Waals surface area contributed by atoms with E-state index >= 15 is 0 Å². The van der Waals surface area contributed by atoms with Crippen LogP contribution in [-0.2, 0) is 19.4 Å². The van der Waals surface area contributed by atoms with Gasteiger partial charge in [-0.2, -0.15) is 5.10 Å². The normalized spacial score (nSPS) is 17.2. The van der Waals surface area contributed by atoms with E-state index in [1.54, 1.807) is 10.7 Å². The van der Waals surface area contributed by atoms with E-state index in [4.69, 9.17) is 0 Å². The number of aryl methyl sites for hydroxylation is 4. The van der Waals surface area contributed by atoms with Crippen LogP contribution in [0.25, 0.3) is 0 Å². The average Bonchev–Trinajstić information content (AvgIpc) is 3.11. The largest absolute Gasteiger partial charge is 0.339 e. The van der Waals surface area contributed by atoms with Crippen LogP contribution in [0.2, 0.25) is 0 Å². The molecule has 2 aliphatic rings. The predicted molar refractivity (Wildman–Crippen MR) is 105 cm³/mol. The summed E-state index contributed by atoms with van der Waals surface area (Å²) >= 11 is 0. The highest BCUT2D eigenvalue weighted by molar-refractivity contribution is 5.94. The van der Waals surface area contributed by atoms with Crippen LogP contribution >= 0.6 is 0 Å². The van der Waals surface area contributed by atoms with Crippen molar-refractivity contribution < 1.29 is 4.79 Å². The third kappa shape index (κ3) is 3.68. The van der Waals surface area contributed by atoms with E-state index in [1.807, 2.05) is 30.0 Å². The Labute approximate surface area is 160 Å². The first-order valence-electron chi connectivity index (χ1n) is 9.97. The van der Waals surface area contributed by atoms with Gasteiger partial charge in [0.25, 0.3) is 11.5 Å². The van der Waals surface area contributed by atoms with Crippen molar-refractivity contribution in [3.63, 3.8) is 0 Å². The van der Waals surface area contributed by atoms with Gasteiger partial charge in [0.15, 0.2) is 0 Å². The van der Waals surface area contributed by atoms with Crippen LogP contribution in [0.15, 0.2) is 29.1 Å². The molecule has 142 valence electrons. The molecule has 1 aliphatic carbocycles. The molecular formula is C22H27N3O2. The number of hydrogen-bond acceptors (Lipinski definition) is 3. The van der Waals surface area contributed by atoms with Crippen LogP contribution in [-0.4, -0.2) is 33.7 Å². The maximum Gasteiger partial charge on any atom is 0.267 e. The smallest absolute Gasteiger partial charge is 0.267 e. The molecule has 2 heterocycles. The van der Waals surface area contributed by atoms with Crippen molar-refractivity contribution >= 4 is 5.91 Å². The quantitative estimate of drug-likeness (QED) is 0.840. The van der Waals surface area contributed by atoms with Crippen LogP contribution < -0.4 is 5.56 Å². The van der Waals surface area contributed by atoms with Gasteiger partial charge in [-0.15, -0.1) is 0 Å². The van der Waals surface area contributed by atoms with Crippen LogP contribution in [0.1, 0.15) is 52.0 Å². The predicted octanol–water partition coefficient (Wildman–Crippen LogP) is 2.90. The summed E-state index contributed by atoms with van der Waals surface area (Å²) in [5.41, 5.74) is 5.37. The highest BCUT2D eigenvalue weighted by atomic mass is 16.2. The summed E-state index contributed by atoms with van der Waals surface area (Å²) in [5.74, 6) is 0.517. The Morgan fingerprint density at radius 2 is 1.89 bits per heavy atom. The molecule has 1 amide bonds. The Bertz CT molecular complexity index is 924. The highest BCUT2D eigenvalue weighted by Crippen LogP contribution is 2.22. The lowest BCUT2D eigenvalue weighted by Crippen LogP contribution is -2.40. The molecule has 1 aromatic carbocycles. The van der Waals surface area contributed by atoms with Gasteiger partial charge in [0, 0.05) is 31.3 Å². The Morgan fingerprint density at radius 1 is 1.11 bits per heavy atom. The van der Waals surface area contributed by atoms with Crippen LogP contribution in [0.3, 0.4) is 0 Å². The lowest BCUT2D eigenvalue weighted by atomic mass is 9.96. The third-order valence-electron chi connectivity index (χ3n) is 6.11. The number of nitrogens with zero attached hydrogens (tertiary/aromatic N) is 3. The zero-order chi connectivity index (χ0) is 19.0. The monoisotopic (exact) mass is 365 g/mol. The number of carbonyl (C=O) groups excluding carboxylic acids is 1. The molecule has 2 aromatic rings. The molecule has 0 radical (unpaired) electrons. The number of piperidine rings is 1. The lowest BCUT2D eigenvalue weighted by molar-refractivity contribution is 0.0680. The van der Waals surface area contributed by atoms with Gasteiger partial charge in [-0.1, -0.05) is 6.07 Å². The van der Waals surface area contributed by atoms with E-state index in [0.717, 1.165) is 67.6 Å². The van der Waals surface area contributed by atoms with Gasteiger partial charge in [-0.25, -0.2) is 4.68 Å². The first kappa shape index (κ1) is 18.0. The number of amides is 1. The van der Waals surface area contributed by atoms with Gasteiger partial charge in [-0.3, -0.25) is 9.59 Å². The molecule has 4 rings (SSSR count). The van der Waals surface area contributed by atoms with Crippen molar-refractivity contribution in [3.8, 4) is 0 Å². The van der Waals surface area contributed by atoms with Gasteiger partial charge in [-0.05, 0) is 80.7 Å². The molecule has 0 spiro atoms. The SMILES string of the molecule is Cc1ccc(C(=O)N2CCC(Cn3nc4c(cc3=O)CCC4)CC2)cc1C. The molecule has 27 heavy (non-hydrogen) atoms. The molecule has 0 saturated carbocycles. The molecule has 1 aliphatic heterocycles. The summed E-state index contributed by atoms with van der Waals surface area (Å²) in [6.45, 7) is 6.26. The number of carbonyl (C=O) groups is 1. The zero-order valence-electron chi connectivity index (χ0n) is 16.2. The topological polar surface area (TPSA) is 55.2 Å². The summed E-state index contributed by atoms with van der Waals surface area (Å²) in [7, 11) is 0. The summed E-state index contributed by atoms with van der Waals surface area (Å²) in [4.78, 5) is 27.0. The van der Waals surface area contributed by atoms with Crippen molar-refractivity contribution in [2.45, 2.75) is 52.5 Å². The number of aromatic nitrogens is 2. The van der Waals surface area contributed by atoms with Gasteiger partial charge >= 0.3 is 0 Å². The van der Waals surface area contributed by atoms with E-state index in [9.17, 15) is 9.59 Å². The molecule has 0 N–H and O–H groups in total. The standard InChI is InChI=1S/C22H27N3O2/c1-15-6-7-19(12-16(15)2)22(27)24-10-8-17(9-11-24)14-25-21(26)13-18-4-3-5-20(18)23-25/h6-7,12-13,17H,3-5,8-11,14H2,1-2H3. The number of fused-ring (bicyclic) bond motifs is 1. The number of likely N-dealkylation sites (tertiary alicyclic amines) is 1. The summed E-state index contributed by atoms with van der Waals surface area (Å²) in [6.07, 6.45) is 4.91. The van der Waals surface area contributed by atoms with E-state index < -0.39 is 0 Å². The minimum Gasteiger partial charge on any atom is -0.339 e. The van der Waals surface area contributed by atoms with Crippen molar-refractivity contribution in [2.75, 3.05) is 13.1 Å². The molecule has 0 bridgehead atoms. The molecule has 1 aromatic heterocycles. The molecule has 1 fully saturated rings. The van der Waals surface area contributed by atoms with Crippen LogP contribution in [0, 0.1) is 19.8 Å². The van der Waals surface area contributed by atoms with E-state index in [1.165, 1.54) is 5.56 Å². The highest BCUT2D eigenvalue weighted by Gasteiger charge is 2.25. The van der Waals surface area contributed by atoms with Gasteiger partial charge in [0.2, 0.25) is 0 Å². The van der Waals surface area contributed by atoms with Gasteiger partial charge in [0.05, 0.1) is 5.69 Å². The molecule has 5 heteroatoms. The minimum absolute atomic E-state index is 0.0179. The first-order valence-corrected chi connectivity index (χ1v) is 9.97. The zero-order valence-corrected chi connectivity index (χ0v) is 16.2. The fraction of sp³-hybridized carbons (Fsp3) is 0.500. The molecular weight excluding hydrogens is 338 g/mol. The van der Waals surface area contributed by atoms with Crippen molar-refractivity contribution in [2.24, 2.45) is 5.92 Å². The van der Waals surface area contributed by atoms with Crippen molar-refractivity contribution in [1.29, 1.82) is 0 Å². The maximum absolute atomic E-state index is 12.8. The summed E-state index contributed by atoms with van der Waals surface area (Å²) in [5, 5.41) is 4.59. The molecule has 0 unspecified atom stereocenters. The third-order valence-corrected chi connectivity index (χ3v) is 6.11. The Morgan fingerprint density at radius 3 is 2.63 bits per heavy atom. The fourth-order valence-corrected chi connectivity index (χ4v) is 4.19. The van der Waals surface area contributed by atoms with Crippen LogP contribution in [0.5, 0.6) is 0 Å².